The average Bonchev–Trinajstić information content (AvgIpc) is 2.80. The van der Waals surface area contributed by atoms with Gasteiger partial charge in [-0.15, -0.1) is 0 Å². The third-order valence-electron chi connectivity index (χ3n) is 1.93. The van der Waals surface area contributed by atoms with Gasteiger partial charge in [0.25, 0.3) is 0 Å². The fraction of sp³-hybridized carbons (Fsp3) is 0.200. The van der Waals surface area contributed by atoms with E-state index in [1.54, 1.807) is 17.7 Å². The number of nitrogens with zero attached hydrogens (tertiary/aromatic N) is 2. The van der Waals surface area contributed by atoms with Crippen LogP contribution in [0.2, 0.25) is 0 Å². The zero-order valence-electron chi connectivity index (χ0n) is 8.18. The van der Waals surface area contributed by atoms with Crippen molar-refractivity contribution in [3.05, 3.63) is 29.2 Å². The highest BCUT2D eigenvalue weighted by molar-refractivity contribution is 7.08. The molecule has 5 heteroatoms. The summed E-state index contributed by atoms with van der Waals surface area (Å²) in [4.78, 5) is 8.33. The number of hydrogen-bond acceptors (Lipinski definition) is 5. The van der Waals surface area contributed by atoms with Crippen LogP contribution in [0.5, 0.6) is 0 Å². The average molecular weight is 220 g/mol. The Balaban J connectivity index is 2.19. The Kier molecular flexibility index (Phi) is 3.26. The second-order valence-electron chi connectivity index (χ2n) is 3.02. The molecule has 0 saturated heterocycles. The van der Waals surface area contributed by atoms with Crippen molar-refractivity contribution in [1.29, 1.82) is 0 Å². The van der Waals surface area contributed by atoms with E-state index in [1.807, 2.05) is 17.5 Å². The molecule has 0 aliphatic rings. The topological polar surface area (TPSA) is 63.8 Å². The number of hydrogen-bond donors (Lipinski definition) is 2. The van der Waals surface area contributed by atoms with Crippen LogP contribution < -0.4 is 11.1 Å². The van der Waals surface area contributed by atoms with Gasteiger partial charge in [-0.1, -0.05) is 0 Å². The molecule has 0 aliphatic heterocycles. The van der Waals surface area contributed by atoms with Crippen LogP contribution in [0.4, 0.5) is 5.82 Å². The highest BCUT2D eigenvalue weighted by atomic mass is 32.1. The summed E-state index contributed by atoms with van der Waals surface area (Å²) in [5.74, 6) is 0.816. The number of nitrogens with two attached hydrogens (primary N) is 1. The molecule has 3 N–H and O–H groups in total. The molecule has 0 fully saturated rings. The molecule has 78 valence electrons. The van der Waals surface area contributed by atoms with E-state index < -0.39 is 0 Å². The van der Waals surface area contributed by atoms with Crippen molar-refractivity contribution in [2.45, 2.75) is 0 Å². The summed E-state index contributed by atoms with van der Waals surface area (Å²) in [6.45, 7) is 1.32. The molecular formula is C10H12N4S. The van der Waals surface area contributed by atoms with Crippen LogP contribution in [0.25, 0.3) is 11.3 Å². The lowest BCUT2D eigenvalue weighted by Crippen LogP contribution is -2.13. The predicted octanol–water partition coefficient (Wildman–Crippen LogP) is 1.58. The summed E-state index contributed by atoms with van der Waals surface area (Å²) in [7, 11) is 0. The van der Waals surface area contributed by atoms with Crippen molar-refractivity contribution in [3.8, 4) is 11.3 Å². The largest absolute Gasteiger partial charge is 0.369 e. The first kappa shape index (κ1) is 10.1. The van der Waals surface area contributed by atoms with Gasteiger partial charge in [-0.25, -0.2) is 9.97 Å². The second kappa shape index (κ2) is 4.86. The predicted molar refractivity (Wildman–Crippen MR) is 62.9 cm³/mol. The zero-order chi connectivity index (χ0) is 10.5. The molecule has 0 amide bonds. The number of anilines is 1. The first-order valence-corrected chi connectivity index (χ1v) is 5.63. The number of thiophene rings is 1. The molecule has 2 aromatic rings. The van der Waals surface area contributed by atoms with Crippen LogP contribution in [0, 0.1) is 0 Å². The summed E-state index contributed by atoms with van der Waals surface area (Å²) in [5.41, 5.74) is 7.46. The van der Waals surface area contributed by atoms with Gasteiger partial charge in [0.2, 0.25) is 0 Å². The van der Waals surface area contributed by atoms with E-state index in [-0.39, 0.29) is 0 Å². The van der Waals surface area contributed by atoms with Crippen molar-refractivity contribution >= 4 is 17.2 Å². The minimum absolute atomic E-state index is 0.595. The summed E-state index contributed by atoms with van der Waals surface area (Å²) in [6.07, 6.45) is 1.56. The molecule has 2 aromatic heterocycles. The summed E-state index contributed by atoms with van der Waals surface area (Å²) >= 11 is 1.66. The van der Waals surface area contributed by atoms with E-state index in [1.165, 1.54) is 0 Å². The van der Waals surface area contributed by atoms with Gasteiger partial charge < -0.3 is 11.1 Å². The fourth-order valence-electron chi connectivity index (χ4n) is 1.22. The molecular weight excluding hydrogens is 208 g/mol. The number of nitrogens with one attached hydrogen (secondary N) is 1. The Hall–Kier alpha value is -1.46. The van der Waals surface area contributed by atoms with Gasteiger partial charge in [0.1, 0.15) is 12.1 Å². The lowest BCUT2D eigenvalue weighted by molar-refractivity contribution is 1.01. The van der Waals surface area contributed by atoms with Crippen molar-refractivity contribution in [1.82, 2.24) is 9.97 Å². The molecule has 0 aromatic carbocycles. The normalized spacial score (nSPS) is 10.2. The van der Waals surface area contributed by atoms with Gasteiger partial charge >= 0.3 is 0 Å². The zero-order valence-corrected chi connectivity index (χ0v) is 9.00. The summed E-state index contributed by atoms with van der Waals surface area (Å²) in [5, 5.41) is 7.22. The van der Waals surface area contributed by atoms with E-state index in [2.05, 4.69) is 20.7 Å². The smallest absolute Gasteiger partial charge is 0.129 e. The molecule has 0 saturated carbocycles. The summed E-state index contributed by atoms with van der Waals surface area (Å²) in [6, 6.07) is 3.97. The van der Waals surface area contributed by atoms with Gasteiger partial charge in [0.15, 0.2) is 0 Å². The van der Waals surface area contributed by atoms with Crippen LogP contribution in [0.3, 0.4) is 0 Å². The highest BCUT2D eigenvalue weighted by Crippen LogP contribution is 2.20. The number of aromatic nitrogens is 2. The van der Waals surface area contributed by atoms with E-state index in [9.17, 15) is 0 Å². The van der Waals surface area contributed by atoms with Crippen molar-refractivity contribution in [2.75, 3.05) is 18.4 Å². The monoisotopic (exact) mass is 220 g/mol. The molecule has 2 rings (SSSR count). The van der Waals surface area contributed by atoms with Crippen molar-refractivity contribution in [2.24, 2.45) is 5.73 Å². The third kappa shape index (κ3) is 2.51. The third-order valence-corrected chi connectivity index (χ3v) is 2.62. The first-order valence-electron chi connectivity index (χ1n) is 4.68. The minimum atomic E-state index is 0.595. The molecule has 2 heterocycles. The van der Waals surface area contributed by atoms with Gasteiger partial charge in [0, 0.05) is 30.1 Å². The van der Waals surface area contributed by atoms with Gasteiger partial charge in [-0.05, 0) is 11.4 Å². The maximum Gasteiger partial charge on any atom is 0.129 e. The number of rotatable bonds is 4. The highest BCUT2D eigenvalue weighted by Gasteiger charge is 2.01. The fourth-order valence-corrected chi connectivity index (χ4v) is 1.87. The SMILES string of the molecule is NCCNc1cc(-c2ccsc2)ncn1. The van der Waals surface area contributed by atoms with Crippen LogP contribution in [0.15, 0.2) is 29.2 Å². The Labute approximate surface area is 92.2 Å². The van der Waals surface area contributed by atoms with Crippen LogP contribution >= 0.6 is 11.3 Å². The molecule has 0 aliphatic carbocycles. The first-order chi connectivity index (χ1) is 7.40. The molecule has 0 atom stereocenters. The molecule has 0 unspecified atom stereocenters. The van der Waals surface area contributed by atoms with Crippen LogP contribution in [-0.2, 0) is 0 Å². The quantitative estimate of drug-likeness (QED) is 0.821. The molecule has 0 spiro atoms. The minimum Gasteiger partial charge on any atom is -0.369 e. The molecule has 4 nitrogen and oxygen atoms in total. The molecule has 15 heavy (non-hydrogen) atoms. The standard InChI is InChI=1S/C10H12N4S/c11-2-3-12-10-5-9(13-7-14-10)8-1-4-15-6-8/h1,4-7H,2-3,11H2,(H,12,13,14). The maximum absolute atomic E-state index is 5.40. The lowest BCUT2D eigenvalue weighted by Gasteiger charge is -2.04. The Morgan fingerprint density at radius 3 is 3.07 bits per heavy atom. The Bertz CT molecular complexity index is 413. The van der Waals surface area contributed by atoms with Crippen molar-refractivity contribution < 1.29 is 0 Å². The van der Waals surface area contributed by atoms with E-state index >= 15 is 0 Å². The van der Waals surface area contributed by atoms with Gasteiger partial charge in [-0.2, -0.15) is 11.3 Å². The van der Waals surface area contributed by atoms with E-state index in [4.69, 9.17) is 5.73 Å². The molecule has 0 bridgehead atoms. The van der Waals surface area contributed by atoms with Crippen molar-refractivity contribution in [3.63, 3.8) is 0 Å². The van der Waals surface area contributed by atoms with E-state index in [0.717, 1.165) is 23.6 Å². The lowest BCUT2D eigenvalue weighted by atomic mass is 10.2. The van der Waals surface area contributed by atoms with Crippen LogP contribution in [0.1, 0.15) is 0 Å². The van der Waals surface area contributed by atoms with Gasteiger partial charge in [0.05, 0.1) is 5.69 Å². The Morgan fingerprint density at radius 1 is 1.40 bits per heavy atom. The maximum atomic E-state index is 5.40. The second-order valence-corrected chi connectivity index (χ2v) is 3.80. The van der Waals surface area contributed by atoms with Crippen LogP contribution in [-0.4, -0.2) is 23.1 Å². The van der Waals surface area contributed by atoms with E-state index in [0.29, 0.717) is 6.54 Å². The van der Waals surface area contributed by atoms with Gasteiger partial charge in [-0.3, -0.25) is 0 Å². The summed E-state index contributed by atoms with van der Waals surface area (Å²) < 4.78 is 0. The Morgan fingerprint density at radius 2 is 2.33 bits per heavy atom. The molecule has 0 radical (unpaired) electrons.